The number of morpholine rings is 1. The molecule has 0 spiro atoms. The number of hydrogen-bond acceptors (Lipinski definition) is 4. The first-order valence-electron chi connectivity index (χ1n) is 10.1. The van der Waals surface area contributed by atoms with Crippen molar-refractivity contribution < 1.29 is 9.47 Å². The van der Waals surface area contributed by atoms with Gasteiger partial charge in [-0.2, -0.15) is 0 Å². The molecule has 150 valence electrons. The smallest absolute Gasteiger partial charge is 0.193 e. The number of likely N-dealkylation sites (tertiary alicyclic amines) is 1. The minimum absolute atomic E-state index is 0.528. The lowest BCUT2D eigenvalue weighted by Crippen LogP contribution is -2.46. The third-order valence-corrected chi connectivity index (χ3v) is 5.17. The number of ether oxygens (including phenoxy) is 2. The summed E-state index contributed by atoms with van der Waals surface area (Å²) in [7, 11) is 1.87. The highest BCUT2D eigenvalue weighted by atomic mass is 16.5. The molecule has 1 aromatic rings. The standard InChI is InChI=1S/C21H34N4O2/c1-17(2)16-27-20-6-4-5-18(13-20)14-23-21(22-3)25-8-7-19(15-25)24-9-11-26-12-10-24/h4-6,13,17,19H,7-12,14-16H2,1-3H3,(H,22,23). The van der Waals surface area contributed by atoms with Crippen LogP contribution in [-0.2, 0) is 11.3 Å². The first kappa shape index (κ1) is 20.0. The number of guanidine groups is 1. The van der Waals surface area contributed by atoms with Crippen molar-refractivity contribution in [2.75, 3.05) is 53.0 Å². The quantitative estimate of drug-likeness (QED) is 0.611. The Morgan fingerprint density at radius 2 is 2.11 bits per heavy atom. The van der Waals surface area contributed by atoms with Gasteiger partial charge in [-0.3, -0.25) is 9.89 Å². The predicted molar refractivity (Wildman–Crippen MR) is 109 cm³/mol. The van der Waals surface area contributed by atoms with Gasteiger partial charge in [0.15, 0.2) is 5.96 Å². The molecule has 0 aliphatic carbocycles. The Morgan fingerprint density at radius 3 is 2.85 bits per heavy atom. The fourth-order valence-corrected chi connectivity index (χ4v) is 3.70. The van der Waals surface area contributed by atoms with Crippen molar-refractivity contribution in [2.45, 2.75) is 32.9 Å². The molecule has 1 atom stereocenters. The van der Waals surface area contributed by atoms with Crippen molar-refractivity contribution in [1.29, 1.82) is 0 Å². The molecule has 0 amide bonds. The Hall–Kier alpha value is -1.79. The molecule has 6 heteroatoms. The van der Waals surface area contributed by atoms with E-state index in [2.05, 4.69) is 52.2 Å². The molecule has 1 N–H and O–H groups in total. The maximum Gasteiger partial charge on any atom is 0.193 e. The molecule has 6 nitrogen and oxygen atoms in total. The Bertz CT molecular complexity index is 614. The van der Waals surface area contributed by atoms with Crippen LogP contribution in [0.2, 0.25) is 0 Å². The zero-order chi connectivity index (χ0) is 19.1. The second-order valence-corrected chi connectivity index (χ2v) is 7.79. The van der Waals surface area contributed by atoms with Crippen LogP contribution in [0.15, 0.2) is 29.3 Å². The first-order chi connectivity index (χ1) is 13.2. The second-order valence-electron chi connectivity index (χ2n) is 7.79. The van der Waals surface area contributed by atoms with Crippen molar-refractivity contribution in [3.05, 3.63) is 29.8 Å². The van der Waals surface area contributed by atoms with E-state index >= 15 is 0 Å². The van der Waals surface area contributed by atoms with Crippen molar-refractivity contribution in [1.82, 2.24) is 15.1 Å². The molecular formula is C21H34N4O2. The van der Waals surface area contributed by atoms with Crippen molar-refractivity contribution in [3.63, 3.8) is 0 Å². The summed E-state index contributed by atoms with van der Waals surface area (Å²) >= 11 is 0. The highest BCUT2D eigenvalue weighted by Gasteiger charge is 2.30. The summed E-state index contributed by atoms with van der Waals surface area (Å²) < 4.78 is 11.3. The highest BCUT2D eigenvalue weighted by Crippen LogP contribution is 2.18. The molecule has 0 saturated carbocycles. The molecule has 2 aliphatic heterocycles. The van der Waals surface area contributed by atoms with Crippen LogP contribution >= 0.6 is 0 Å². The largest absolute Gasteiger partial charge is 0.493 e. The van der Waals surface area contributed by atoms with E-state index in [1.54, 1.807) is 0 Å². The molecule has 0 radical (unpaired) electrons. The highest BCUT2D eigenvalue weighted by molar-refractivity contribution is 5.80. The molecule has 0 bridgehead atoms. The van der Waals surface area contributed by atoms with E-state index in [0.29, 0.717) is 12.0 Å². The maximum absolute atomic E-state index is 5.84. The summed E-state index contributed by atoms with van der Waals surface area (Å²) in [5.74, 6) is 2.45. The number of benzene rings is 1. The van der Waals surface area contributed by atoms with E-state index in [-0.39, 0.29) is 0 Å². The lowest BCUT2D eigenvalue weighted by molar-refractivity contribution is 0.0195. The van der Waals surface area contributed by atoms with E-state index in [1.165, 1.54) is 12.0 Å². The van der Waals surface area contributed by atoms with Crippen LogP contribution in [-0.4, -0.2) is 74.8 Å². The normalized spacial score (nSPS) is 21.7. The van der Waals surface area contributed by atoms with Crippen LogP contribution in [0.4, 0.5) is 0 Å². The van der Waals surface area contributed by atoms with Gasteiger partial charge < -0.3 is 19.7 Å². The molecule has 27 heavy (non-hydrogen) atoms. The fraction of sp³-hybridized carbons (Fsp3) is 0.667. The van der Waals surface area contributed by atoms with Crippen molar-refractivity contribution in [3.8, 4) is 5.75 Å². The number of nitrogens with zero attached hydrogens (tertiary/aromatic N) is 3. The van der Waals surface area contributed by atoms with Gasteiger partial charge in [0.25, 0.3) is 0 Å². The second kappa shape index (κ2) is 9.95. The van der Waals surface area contributed by atoms with Gasteiger partial charge in [-0.1, -0.05) is 26.0 Å². The summed E-state index contributed by atoms with van der Waals surface area (Å²) in [5, 5.41) is 3.52. The first-order valence-corrected chi connectivity index (χ1v) is 10.1. The summed E-state index contributed by atoms with van der Waals surface area (Å²) in [6.07, 6.45) is 1.19. The third-order valence-electron chi connectivity index (χ3n) is 5.17. The SMILES string of the molecule is CN=C(NCc1cccc(OCC(C)C)c1)N1CCC(N2CCOCC2)C1. The van der Waals surface area contributed by atoms with Crippen LogP contribution < -0.4 is 10.1 Å². The molecule has 1 unspecified atom stereocenters. The molecule has 1 aromatic carbocycles. The van der Waals surface area contributed by atoms with Crippen LogP contribution in [0.3, 0.4) is 0 Å². The van der Waals surface area contributed by atoms with E-state index in [9.17, 15) is 0 Å². The molecular weight excluding hydrogens is 340 g/mol. The summed E-state index contributed by atoms with van der Waals surface area (Å²) in [6, 6.07) is 8.93. The van der Waals surface area contributed by atoms with Crippen molar-refractivity contribution in [2.24, 2.45) is 10.9 Å². The average molecular weight is 375 g/mol. The van der Waals surface area contributed by atoms with Gasteiger partial charge >= 0.3 is 0 Å². The summed E-state index contributed by atoms with van der Waals surface area (Å²) in [5.41, 5.74) is 1.21. The van der Waals surface area contributed by atoms with Gasteiger partial charge in [0.1, 0.15) is 5.75 Å². The molecule has 2 saturated heterocycles. The third kappa shape index (κ3) is 5.84. The minimum Gasteiger partial charge on any atom is -0.493 e. The average Bonchev–Trinajstić information content (AvgIpc) is 3.18. The van der Waals surface area contributed by atoms with Crippen LogP contribution in [0.5, 0.6) is 5.75 Å². The van der Waals surface area contributed by atoms with Gasteiger partial charge in [0.05, 0.1) is 19.8 Å². The number of aliphatic imine (C=N–C) groups is 1. The Morgan fingerprint density at radius 1 is 1.30 bits per heavy atom. The van der Waals surface area contributed by atoms with Gasteiger partial charge in [-0.25, -0.2) is 0 Å². The van der Waals surface area contributed by atoms with E-state index < -0.39 is 0 Å². The molecule has 3 rings (SSSR count). The van der Waals surface area contributed by atoms with Crippen LogP contribution in [0, 0.1) is 5.92 Å². The van der Waals surface area contributed by atoms with Gasteiger partial charge in [0, 0.05) is 45.8 Å². The van der Waals surface area contributed by atoms with Crippen LogP contribution in [0.25, 0.3) is 0 Å². The number of nitrogens with one attached hydrogen (secondary N) is 1. The predicted octanol–water partition coefficient (Wildman–Crippen LogP) is 2.20. The number of hydrogen-bond donors (Lipinski definition) is 1. The summed E-state index contributed by atoms with van der Waals surface area (Å²) in [4.78, 5) is 9.44. The van der Waals surface area contributed by atoms with E-state index in [0.717, 1.165) is 64.3 Å². The minimum atomic E-state index is 0.528. The van der Waals surface area contributed by atoms with E-state index in [4.69, 9.17) is 9.47 Å². The molecule has 2 fully saturated rings. The molecule has 0 aromatic heterocycles. The lowest BCUT2D eigenvalue weighted by Gasteiger charge is -2.32. The van der Waals surface area contributed by atoms with Crippen molar-refractivity contribution >= 4 is 5.96 Å². The van der Waals surface area contributed by atoms with Gasteiger partial charge in [0.2, 0.25) is 0 Å². The lowest BCUT2D eigenvalue weighted by atomic mass is 10.2. The zero-order valence-electron chi connectivity index (χ0n) is 17.0. The fourth-order valence-electron chi connectivity index (χ4n) is 3.70. The zero-order valence-corrected chi connectivity index (χ0v) is 17.0. The Balaban J connectivity index is 1.50. The Labute approximate surface area is 163 Å². The Kier molecular flexibility index (Phi) is 7.35. The monoisotopic (exact) mass is 374 g/mol. The van der Waals surface area contributed by atoms with Gasteiger partial charge in [-0.05, 0) is 30.0 Å². The molecule has 2 heterocycles. The van der Waals surface area contributed by atoms with Crippen LogP contribution in [0.1, 0.15) is 25.8 Å². The molecule has 2 aliphatic rings. The summed E-state index contributed by atoms with van der Waals surface area (Å²) in [6.45, 7) is 11.7. The maximum atomic E-state index is 5.84. The topological polar surface area (TPSA) is 49.3 Å². The van der Waals surface area contributed by atoms with E-state index in [1.807, 2.05) is 13.1 Å². The number of rotatable bonds is 6. The van der Waals surface area contributed by atoms with Gasteiger partial charge in [-0.15, -0.1) is 0 Å².